The summed E-state index contributed by atoms with van der Waals surface area (Å²) in [4.78, 5) is 23.1. The zero-order valence-corrected chi connectivity index (χ0v) is 19.3. The van der Waals surface area contributed by atoms with Gasteiger partial charge in [-0.05, 0) is 43.1 Å². The fourth-order valence-electron chi connectivity index (χ4n) is 4.52. The predicted octanol–water partition coefficient (Wildman–Crippen LogP) is 2.86. The second-order valence-corrected chi connectivity index (χ2v) is 8.88. The van der Waals surface area contributed by atoms with Crippen LogP contribution in [0, 0.1) is 23.7 Å². The smallest absolute Gasteiger partial charge is 0.308 e. The maximum atomic E-state index is 12.4. The van der Waals surface area contributed by atoms with E-state index in [0.29, 0.717) is 25.7 Å². The van der Waals surface area contributed by atoms with Crippen molar-refractivity contribution in [3.8, 4) is 0 Å². The number of aliphatic hydroxyl groups is 3. The van der Waals surface area contributed by atoms with Gasteiger partial charge in [0.05, 0.1) is 30.7 Å². The molecule has 4 N–H and O–H groups in total. The van der Waals surface area contributed by atoms with E-state index in [1.165, 1.54) is 0 Å². The van der Waals surface area contributed by atoms with Gasteiger partial charge in [0.15, 0.2) is 0 Å². The number of carbonyl (C=O) groups excluding carboxylic acids is 1. The van der Waals surface area contributed by atoms with E-state index < -0.39 is 30.4 Å². The van der Waals surface area contributed by atoms with Crippen molar-refractivity contribution in [2.45, 2.75) is 83.7 Å². The predicted molar refractivity (Wildman–Crippen MR) is 119 cm³/mol. The summed E-state index contributed by atoms with van der Waals surface area (Å²) in [5.41, 5.74) is 0.958. The van der Waals surface area contributed by atoms with Crippen molar-refractivity contribution in [3.63, 3.8) is 0 Å². The summed E-state index contributed by atoms with van der Waals surface area (Å²) < 4.78 is 5.84. The summed E-state index contributed by atoms with van der Waals surface area (Å²) in [6, 6.07) is 0. The fourth-order valence-corrected chi connectivity index (χ4v) is 4.52. The number of halogens is 1. The number of rotatable bonds is 10. The molecule has 0 fully saturated rings. The molecule has 8 heteroatoms. The first-order valence-electron chi connectivity index (χ1n) is 11.0. The van der Waals surface area contributed by atoms with Gasteiger partial charge in [0.25, 0.3) is 0 Å². The topological polar surface area (TPSA) is 124 Å². The summed E-state index contributed by atoms with van der Waals surface area (Å²) in [6.45, 7) is 5.85. The number of esters is 1. The maximum absolute atomic E-state index is 12.4. The van der Waals surface area contributed by atoms with E-state index in [1.54, 1.807) is 0 Å². The Morgan fingerprint density at radius 2 is 1.94 bits per heavy atom. The van der Waals surface area contributed by atoms with E-state index in [2.05, 4.69) is 13.0 Å². The normalized spacial score (nSPS) is 30.3. The van der Waals surface area contributed by atoms with Gasteiger partial charge in [-0.15, -0.1) is 12.4 Å². The molecule has 0 amide bonds. The Balaban J connectivity index is 0.00000480. The summed E-state index contributed by atoms with van der Waals surface area (Å²) in [5, 5.41) is 39.1. The van der Waals surface area contributed by atoms with E-state index >= 15 is 0 Å². The maximum Gasteiger partial charge on any atom is 0.308 e. The lowest BCUT2D eigenvalue weighted by atomic mass is 9.66. The number of hydrogen-bond donors (Lipinski definition) is 4. The van der Waals surface area contributed by atoms with E-state index in [4.69, 9.17) is 9.84 Å². The zero-order valence-electron chi connectivity index (χ0n) is 18.5. The minimum absolute atomic E-state index is 0. The number of hydrogen-bond acceptors (Lipinski definition) is 6. The van der Waals surface area contributed by atoms with Gasteiger partial charge in [-0.2, -0.15) is 0 Å². The van der Waals surface area contributed by atoms with Crippen molar-refractivity contribution in [1.82, 2.24) is 0 Å². The quantitative estimate of drug-likeness (QED) is 0.369. The van der Waals surface area contributed by atoms with Crippen LogP contribution >= 0.6 is 12.4 Å². The molecular weight excluding hydrogens is 424 g/mol. The molecule has 31 heavy (non-hydrogen) atoms. The highest BCUT2D eigenvalue weighted by Gasteiger charge is 2.42. The first-order valence-corrected chi connectivity index (χ1v) is 11.0. The standard InChI is InChI=1S/C23H36O7.ClH/c1-4-13(2)23(29)30-20-11-17(25)9-15-6-5-14(3)19(22(15)20)8-7-16(24)10-18(26)12-21(27)28;/h5-6,9,13-14,16-20,22,24-26H,4,7-8,10-12H2,1-3H3,(H,27,28);1H/t13?,14-,16?,17+,18?,19-,20-,22-;/m0./s1. The fraction of sp³-hybridized carbons (Fsp3) is 0.739. The van der Waals surface area contributed by atoms with Gasteiger partial charge < -0.3 is 25.2 Å². The third kappa shape index (κ3) is 7.90. The molecule has 2 aliphatic carbocycles. The third-order valence-electron chi connectivity index (χ3n) is 6.44. The number of fused-ring (bicyclic) bond motifs is 1. The monoisotopic (exact) mass is 460 g/mol. The second-order valence-electron chi connectivity index (χ2n) is 8.88. The van der Waals surface area contributed by atoms with Gasteiger partial charge in [-0.25, -0.2) is 0 Å². The number of ether oxygens (including phenoxy) is 1. The molecule has 2 aliphatic rings. The van der Waals surface area contributed by atoms with Crippen LogP contribution in [0.5, 0.6) is 0 Å². The van der Waals surface area contributed by atoms with Crippen molar-refractivity contribution < 1.29 is 34.8 Å². The first kappa shape index (κ1) is 27.6. The molecule has 0 saturated heterocycles. The Labute approximate surface area is 190 Å². The van der Waals surface area contributed by atoms with E-state index in [1.807, 2.05) is 26.0 Å². The highest BCUT2D eigenvalue weighted by Crippen LogP contribution is 2.44. The van der Waals surface area contributed by atoms with Crippen molar-refractivity contribution >= 4 is 24.3 Å². The Bertz CT molecular complexity index is 662. The number of carboxylic acids is 1. The molecular formula is C23H37ClO7. The first-order chi connectivity index (χ1) is 14.1. The molecule has 0 radical (unpaired) electrons. The van der Waals surface area contributed by atoms with Gasteiger partial charge in [0.2, 0.25) is 0 Å². The summed E-state index contributed by atoms with van der Waals surface area (Å²) in [5.74, 6) is -1.31. The third-order valence-corrected chi connectivity index (χ3v) is 6.44. The lowest BCUT2D eigenvalue weighted by molar-refractivity contribution is -0.159. The molecule has 0 aromatic rings. The van der Waals surface area contributed by atoms with E-state index in [9.17, 15) is 24.9 Å². The SMILES string of the molecule is CCC(C)C(=O)O[C@H]1C[C@H](O)C=C2C=C[C@H](C)[C@H](CCC(O)CC(O)CC(=O)O)[C@H]21.Cl. The lowest BCUT2D eigenvalue weighted by Crippen LogP contribution is -2.43. The second kappa shape index (κ2) is 12.6. The van der Waals surface area contributed by atoms with Gasteiger partial charge in [-0.3, -0.25) is 9.59 Å². The van der Waals surface area contributed by atoms with Crippen molar-refractivity contribution in [2.24, 2.45) is 23.7 Å². The van der Waals surface area contributed by atoms with Crippen LogP contribution in [-0.2, 0) is 14.3 Å². The van der Waals surface area contributed by atoms with Crippen LogP contribution in [0.15, 0.2) is 23.8 Å². The minimum Gasteiger partial charge on any atom is -0.481 e. The Morgan fingerprint density at radius 1 is 1.26 bits per heavy atom. The van der Waals surface area contributed by atoms with Gasteiger partial charge in [-0.1, -0.05) is 39.0 Å². The molecule has 0 aromatic carbocycles. The van der Waals surface area contributed by atoms with E-state index in [0.717, 1.165) is 5.57 Å². The molecule has 7 nitrogen and oxygen atoms in total. The Hall–Kier alpha value is -1.41. The van der Waals surface area contributed by atoms with Crippen LogP contribution in [-0.4, -0.2) is 56.8 Å². The molecule has 0 heterocycles. The number of aliphatic carboxylic acids is 1. The lowest BCUT2D eigenvalue weighted by Gasteiger charge is -2.43. The molecule has 0 spiro atoms. The van der Waals surface area contributed by atoms with Crippen LogP contribution in [0.4, 0.5) is 0 Å². The van der Waals surface area contributed by atoms with Crippen LogP contribution in [0.2, 0.25) is 0 Å². The Kier molecular flexibility index (Phi) is 11.2. The van der Waals surface area contributed by atoms with Crippen molar-refractivity contribution in [1.29, 1.82) is 0 Å². The van der Waals surface area contributed by atoms with Gasteiger partial charge >= 0.3 is 11.9 Å². The van der Waals surface area contributed by atoms with Crippen molar-refractivity contribution in [2.75, 3.05) is 0 Å². The number of carbonyl (C=O) groups is 2. The Morgan fingerprint density at radius 3 is 2.55 bits per heavy atom. The molecule has 0 bridgehead atoms. The van der Waals surface area contributed by atoms with Crippen LogP contribution in [0.3, 0.4) is 0 Å². The average Bonchev–Trinajstić information content (AvgIpc) is 2.65. The highest BCUT2D eigenvalue weighted by molar-refractivity contribution is 5.85. The summed E-state index contributed by atoms with van der Waals surface area (Å²) >= 11 is 0. The summed E-state index contributed by atoms with van der Waals surface area (Å²) in [6.07, 6.45) is 4.64. The van der Waals surface area contributed by atoms with Gasteiger partial charge in [0, 0.05) is 12.3 Å². The molecule has 0 aromatic heterocycles. The average molecular weight is 461 g/mol. The molecule has 0 aliphatic heterocycles. The number of aliphatic hydroxyl groups excluding tert-OH is 3. The van der Waals surface area contributed by atoms with Crippen LogP contribution in [0.1, 0.15) is 59.3 Å². The van der Waals surface area contributed by atoms with Crippen LogP contribution < -0.4 is 0 Å². The largest absolute Gasteiger partial charge is 0.481 e. The molecule has 3 unspecified atom stereocenters. The highest BCUT2D eigenvalue weighted by atomic mass is 35.5. The molecule has 2 rings (SSSR count). The van der Waals surface area contributed by atoms with Crippen LogP contribution in [0.25, 0.3) is 0 Å². The number of allylic oxidation sites excluding steroid dienone is 2. The summed E-state index contributed by atoms with van der Waals surface area (Å²) in [7, 11) is 0. The zero-order chi connectivity index (χ0) is 22.4. The molecule has 0 saturated carbocycles. The minimum atomic E-state index is -1.10. The van der Waals surface area contributed by atoms with E-state index in [-0.39, 0.29) is 54.9 Å². The number of carboxylic acid groups (broad SMARTS) is 1. The molecule has 178 valence electrons. The molecule has 8 atom stereocenters. The van der Waals surface area contributed by atoms with Gasteiger partial charge in [0.1, 0.15) is 6.10 Å². The van der Waals surface area contributed by atoms with Crippen molar-refractivity contribution in [3.05, 3.63) is 23.8 Å².